The van der Waals surface area contributed by atoms with Crippen molar-refractivity contribution in [1.29, 1.82) is 0 Å². The van der Waals surface area contributed by atoms with Crippen LogP contribution in [0.25, 0.3) is 5.69 Å². The number of para-hydroxylation sites is 1. The van der Waals surface area contributed by atoms with Gasteiger partial charge in [0.2, 0.25) is 0 Å². The van der Waals surface area contributed by atoms with Crippen molar-refractivity contribution in [2.24, 2.45) is 5.92 Å². The molecule has 0 amide bonds. The number of hydrogen-bond acceptors (Lipinski definition) is 4. The van der Waals surface area contributed by atoms with Gasteiger partial charge in [0.1, 0.15) is 0 Å². The minimum absolute atomic E-state index is 0.306. The first-order valence-electron chi connectivity index (χ1n) is 9.88. The van der Waals surface area contributed by atoms with Gasteiger partial charge in [0, 0.05) is 10.7 Å². The number of anilines is 1. The number of hydrogen-bond donors (Lipinski definition) is 1. The second kappa shape index (κ2) is 7.55. The van der Waals surface area contributed by atoms with Crippen molar-refractivity contribution in [1.82, 2.24) is 20.2 Å². The van der Waals surface area contributed by atoms with E-state index in [2.05, 4.69) is 59.0 Å². The van der Waals surface area contributed by atoms with Crippen LogP contribution in [0, 0.1) is 19.8 Å². The predicted octanol–water partition coefficient (Wildman–Crippen LogP) is 5.45. The van der Waals surface area contributed by atoms with Crippen LogP contribution < -0.4 is 5.32 Å². The van der Waals surface area contributed by atoms with Gasteiger partial charge in [0.05, 0.1) is 11.2 Å². The molecule has 0 aliphatic heterocycles. The van der Waals surface area contributed by atoms with E-state index in [9.17, 15) is 0 Å². The highest BCUT2D eigenvalue weighted by molar-refractivity contribution is 6.31. The molecule has 1 aliphatic rings. The summed E-state index contributed by atoms with van der Waals surface area (Å²) in [6.45, 7) is 6.45. The van der Waals surface area contributed by atoms with Gasteiger partial charge in [-0.25, -0.2) is 0 Å². The number of aromatic nitrogens is 4. The van der Waals surface area contributed by atoms with Crippen molar-refractivity contribution >= 4 is 17.3 Å². The molecule has 1 saturated carbocycles. The topological polar surface area (TPSA) is 55.6 Å². The summed E-state index contributed by atoms with van der Waals surface area (Å²) in [7, 11) is 0. The molecule has 6 heteroatoms. The normalized spacial score (nSPS) is 22.2. The van der Waals surface area contributed by atoms with Crippen LogP contribution in [0.5, 0.6) is 0 Å². The maximum absolute atomic E-state index is 6.38. The highest BCUT2D eigenvalue weighted by Crippen LogP contribution is 2.42. The van der Waals surface area contributed by atoms with Crippen molar-refractivity contribution in [2.75, 3.05) is 5.32 Å². The molecule has 0 atom stereocenters. The average Bonchev–Trinajstić information content (AvgIpc) is 3.18. The van der Waals surface area contributed by atoms with E-state index in [1.165, 1.54) is 5.56 Å². The number of nitrogens with one attached hydrogen (secondary N) is 1. The third-order valence-electron chi connectivity index (χ3n) is 5.94. The number of aryl methyl sites for hydroxylation is 2. The molecule has 0 spiro atoms. The van der Waals surface area contributed by atoms with Crippen LogP contribution in [0.1, 0.15) is 49.6 Å². The minimum Gasteiger partial charge on any atom is -0.372 e. The maximum Gasteiger partial charge on any atom is 0.181 e. The Hall–Kier alpha value is -2.40. The van der Waals surface area contributed by atoms with E-state index in [1.54, 1.807) is 0 Å². The third kappa shape index (κ3) is 3.51. The largest absolute Gasteiger partial charge is 0.372 e. The van der Waals surface area contributed by atoms with Gasteiger partial charge in [0.25, 0.3) is 0 Å². The Morgan fingerprint density at radius 1 is 1.07 bits per heavy atom. The molecule has 5 nitrogen and oxygen atoms in total. The van der Waals surface area contributed by atoms with Gasteiger partial charge in [-0.3, -0.25) is 0 Å². The van der Waals surface area contributed by atoms with E-state index in [-0.39, 0.29) is 5.54 Å². The van der Waals surface area contributed by atoms with Crippen LogP contribution in [0.4, 0.5) is 5.69 Å². The van der Waals surface area contributed by atoms with E-state index in [0.717, 1.165) is 53.5 Å². The molecule has 0 unspecified atom stereocenters. The molecule has 0 bridgehead atoms. The fourth-order valence-corrected chi connectivity index (χ4v) is 4.18. The van der Waals surface area contributed by atoms with Gasteiger partial charge in [-0.15, -0.1) is 5.10 Å². The van der Waals surface area contributed by atoms with E-state index >= 15 is 0 Å². The quantitative estimate of drug-likeness (QED) is 0.638. The first-order valence-corrected chi connectivity index (χ1v) is 10.3. The Kier molecular flexibility index (Phi) is 5.11. The van der Waals surface area contributed by atoms with Crippen molar-refractivity contribution < 1.29 is 0 Å². The molecule has 0 radical (unpaired) electrons. The van der Waals surface area contributed by atoms with E-state index in [0.29, 0.717) is 5.92 Å². The molecule has 1 fully saturated rings. The number of halogens is 1. The summed E-state index contributed by atoms with van der Waals surface area (Å²) in [4.78, 5) is 0. The second-order valence-electron chi connectivity index (χ2n) is 8.05. The van der Waals surface area contributed by atoms with Crippen molar-refractivity contribution in [3.05, 3.63) is 64.4 Å². The molecule has 146 valence electrons. The zero-order valence-electron chi connectivity index (χ0n) is 16.6. The molecular weight excluding hydrogens is 370 g/mol. The second-order valence-corrected chi connectivity index (χ2v) is 8.46. The van der Waals surface area contributed by atoms with Crippen LogP contribution in [-0.2, 0) is 5.54 Å². The highest BCUT2D eigenvalue weighted by atomic mass is 35.5. The van der Waals surface area contributed by atoms with Crippen LogP contribution >= 0.6 is 11.6 Å². The Morgan fingerprint density at radius 2 is 1.82 bits per heavy atom. The molecule has 1 aromatic heterocycles. The van der Waals surface area contributed by atoms with Gasteiger partial charge >= 0.3 is 0 Å². The van der Waals surface area contributed by atoms with Gasteiger partial charge in [0.15, 0.2) is 5.82 Å². The highest BCUT2D eigenvalue weighted by Gasteiger charge is 2.41. The zero-order chi connectivity index (χ0) is 19.7. The van der Waals surface area contributed by atoms with Gasteiger partial charge < -0.3 is 5.32 Å². The summed E-state index contributed by atoms with van der Waals surface area (Å²) in [5.74, 6) is 1.56. The molecule has 3 aromatic rings. The fourth-order valence-electron chi connectivity index (χ4n) is 4.00. The summed E-state index contributed by atoms with van der Waals surface area (Å²) in [5, 5.41) is 17.4. The van der Waals surface area contributed by atoms with E-state index in [4.69, 9.17) is 11.6 Å². The molecule has 4 rings (SSSR count). The average molecular weight is 396 g/mol. The first kappa shape index (κ1) is 18.9. The lowest BCUT2D eigenvalue weighted by atomic mass is 9.76. The molecule has 1 heterocycles. The van der Waals surface area contributed by atoms with Crippen molar-refractivity contribution in [3.8, 4) is 5.69 Å². The summed E-state index contributed by atoms with van der Waals surface area (Å²) >= 11 is 6.38. The SMILES string of the molecule is Cc1ccc(-n2nnnc2C2(Nc3ccccc3C)CCC(C)CC2)cc1Cl. The predicted molar refractivity (Wildman–Crippen MR) is 113 cm³/mol. The number of rotatable bonds is 4. The smallest absolute Gasteiger partial charge is 0.181 e. The molecule has 28 heavy (non-hydrogen) atoms. The maximum atomic E-state index is 6.38. The standard InChI is InChI=1S/C22H26ClN5/c1-15-10-12-22(13-11-15,24-20-7-5-4-6-17(20)3)21-25-26-27-28(21)18-9-8-16(2)19(23)14-18/h4-9,14-15,24H,10-13H2,1-3H3. The van der Waals surface area contributed by atoms with Crippen LogP contribution in [-0.4, -0.2) is 20.2 Å². The van der Waals surface area contributed by atoms with E-state index < -0.39 is 0 Å². The summed E-state index contributed by atoms with van der Waals surface area (Å²) in [5.41, 5.74) is 3.98. The first-order chi connectivity index (χ1) is 13.5. The van der Waals surface area contributed by atoms with Gasteiger partial charge in [-0.05, 0) is 85.2 Å². The number of nitrogens with zero attached hydrogens (tertiary/aromatic N) is 4. The Balaban J connectivity index is 1.79. The third-order valence-corrected chi connectivity index (χ3v) is 6.35. The summed E-state index contributed by atoms with van der Waals surface area (Å²) in [6.07, 6.45) is 4.26. The lowest BCUT2D eigenvalue weighted by molar-refractivity contribution is 0.255. The Bertz CT molecular complexity index is 973. The number of benzene rings is 2. The lowest BCUT2D eigenvalue weighted by Crippen LogP contribution is -2.41. The van der Waals surface area contributed by atoms with Crippen molar-refractivity contribution in [3.63, 3.8) is 0 Å². The van der Waals surface area contributed by atoms with Crippen LogP contribution in [0.15, 0.2) is 42.5 Å². The summed E-state index contributed by atoms with van der Waals surface area (Å²) in [6, 6.07) is 14.4. The monoisotopic (exact) mass is 395 g/mol. The molecular formula is C22H26ClN5. The van der Waals surface area contributed by atoms with Crippen LogP contribution in [0.3, 0.4) is 0 Å². The number of tetrazole rings is 1. The Morgan fingerprint density at radius 3 is 2.54 bits per heavy atom. The van der Waals surface area contributed by atoms with E-state index in [1.807, 2.05) is 29.8 Å². The molecule has 1 N–H and O–H groups in total. The van der Waals surface area contributed by atoms with Gasteiger partial charge in [-0.1, -0.05) is 42.8 Å². The minimum atomic E-state index is -0.306. The van der Waals surface area contributed by atoms with Crippen molar-refractivity contribution in [2.45, 2.75) is 52.0 Å². The van der Waals surface area contributed by atoms with Gasteiger partial charge in [-0.2, -0.15) is 4.68 Å². The Labute approximate surface area is 171 Å². The molecule has 0 saturated heterocycles. The molecule has 1 aliphatic carbocycles. The zero-order valence-corrected chi connectivity index (χ0v) is 17.4. The van der Waals surface area contributed by atoms with Crippen LogP contribution in [0.2, 0.25) is 5.02 Å². The lowest BCUT2D eigenvalue weighted by Gasteiger charge is -2.40. The molecule has 2 aromatic carbocycles. The summed E-state index contributed by atoms with van der Waals surface area (Å²) < 4.78 is 1.84. The fraction of sp³-hybridized carbons (Fsp3) is 0.409.